The molecule has 2 rings (SSSR count). The number of hydrogen-bond donors (Lipinski definition) is 1. The van der Waals surface area contributed by atoms with Crippen LogP contribution in [0.15, 0.2) is 17.3 Å². The molecule has 7 nitrogen and oxygen atoms in total. The number of halogens is 2. The van der Waals surface area contributed by atoms with E-state index in [4.69, 9.17) is 5.11 Å². The molecule has 0 spiro atoms. The second-order valence-electron chi connectivity index (χ2n) is 5.49. The van der Waals surface area contributed by atoms with Crippen LogP contribution in [0.1, 0.15) is 13.3 Å². The molecule has 124 valence electrons. The fourth-order valence-electron chi connectivity index (χ4n) is 2.55. The molecule has 0 aliphatic carbocycles. The van der Waals surface area contributed by atoms with Crippen LogP contribution < -0.4 is 0 Å². The molecule has 0 radical (unpaired) electrons. The van der Waals surface area contributed by atoms with Crippen LogP contribution in [0.3, 0.4) is 0 Å². The van der Waals surface area contributed by atoms with Crippen LogP contribution in [0.4, 0.5) is 8.78 Å². The fourth-order valence-corrected chi connectivity index (χ4v) is 4.11. The van der Waals surface area contributed by atoms with Crippen LogP contribution in [0, 0.1) is 11.8 Å². The Bertz CT molecular complexity index is 647. The Balaban J connectivity index is 2.21. The number of carboxylic acid groups (broad SMARTS) is 1. The smallest absolute Gasteiger partial charge is 0.307 e. The SMILES string of the molecule is CC1CC(C(=O)O)CN(S(=O)(=O)c2cnn(CC(F)F)c2)C1. The first-order chi connectivity index (χ1) is 10.2. The highest BCUT2D eigenvalue weighted by molar-refractivity contribution is 7.89. The van der Waals surface area contributed by atoms with Gasteiger partial charge in [-0.3, -0.25) is 9.48 Å². The van der Waals surface area contributed by atoms with Crippen LogP contribution >= 0.6 is 0 Å². The van der Waals surface area contributed by atoms with Gasteiger partial charge in [-0.25, -0.2) is 17.2 Å². The van der Waals surface area contributed by atoms with Crippen molar-refractivity contribution in [1.29, 1.82) is 0 Å². The lowest BCUT2D eigenvalue weighted by molar-refractivity contribution is -0.143. The number of alkyl halides is 2. The van der Waals surface area contributed by atoms with Crippen LogP contribution in [-0.4, -0.2) is 53.1 Å². The molecule has 0 bridgehead atoms. The van der Waals surface area contributed by atoms with Crippen LogP contribution in [0.2, 0.25) is 0 Å². The highest BCUT2D eigenvalue weighted by atomic mass is 32.2. The summed E-state index contributed by atoms with van der Waals surface area (Å²) in [5, 5.41) is 12.7. The van der Waals surface area contributed by atoms with Gasteiger partial charge in [0.1, 0.15) is 11.4 Å². The van der Waals surface area contributed by atoms with E-state index in [1.165, 1.54) is 0 Å². The molecule has 10 heteroatoms. The molecular formula is C12H17F2N3O4S. The van der Waals surface area contributed by atoms with Gasteiger partial charge in [-0.2, -0.15) is 9.40 Å². The summed E-state index contributed by atoms with van der Waals surface area (Å²) in [6.45, 7) is 1.16. The maximum absolute atomic E-state index is 12.5. The van der Waals surface area contributed by atoms with E-state index < -0.39 is 34.9 Å². The van der Waals surface area contributed by atoms with Crippen molar-refractivity contribution in [3.63, 3.8) is 0 Å². The van der Waals surface area contributed by atoms with Gasteiger partial charge >= 0.3 is 5.97 Å². The zero-order valence-electron chi connectivity index (χ0n) is 11.9. The lowest BCUT2D eigenvalue weighted by Crippen LogP contribution is -2.45. The summed E-state index contributed by atoms with van der Waals surface area (Å²) >= 11 is 0. The Morgan fingerprint density at radius 1 is 1.50 bits per heavy atom. The van der Waals surface area contributed by atoms with Crippen molar-refractivity contribution in [3.05, 3.63) is 12.4 Å². The monoisotopic (exact) mass is 337 g/mol. The van der Waals surface area contributed by atoms with Gasteiger partial charge in [0, 0.05) is 19.3 Å². The first-order valence-electron chi connectivity index (χ1n) is 6.73. The highest BCUT2D eigenvalue weighted by Gasteiger charge is 2.36. The zero-order chi connectivity index (χ0) is 16.5. The predicted molar refractivity (Wildman–Crippen MR) is 71.9 cm³/mol. The van der Waals surface area contributed by atoms with Gasteiger partial charge in [0.2, 0.25) is 10.0 Å². The first-order valence-corrected chi connectivity index (χ1v) is 8.17. The molecule has 0 saturated carbocycles. The average molecular weight is 337 g/mol. The standard InChI is InChI=1S/C12H17F2N3O4S/c1-8-2-9(12(18)19)5-17(4-8)22(20,21)10-3-15-16(6-10)7-11(13)14/h3,6,8-9,11H,2,4-5,7H2,1H3,(H,18,19). The third-order valence-corrected chi connectivity index (χ3v) is 5.33. The van der Waals surface area contributed by atoms with Crippen molar-refractivity contribution in [2.24, 2.45) is 11.8 Å². The maximum atomic E-state index is 12.5. The molecule has 1 fully saturated rings. The van der Waals surface area contributed by atoms with Crippen LogP contribution in [-0.2, 0) is 21.4 Å². The number of piperidine rings is 1. The van der Waals surface area contributed by atoms with E-state index in [-0.39, 0.29) is 23.9 Å². The van der Waals surface area contributed by atoms with Gasteiger partial charge in [0.05, 0.1) is 12.1 Å². The Labute approximate surface area is 126 Å². The average Bonchev–Trinajstić information content (AvgIpc) is 2.86. The number of carbonyl (C=O) groups is 1. The van der Waals surface area contributed by atoms with Gasteiger partial charge in [-0.15, -0.1) is 0 Å². The molecule has 1 aliphatic heterocycles. The Morgan fingerprint density at radius 2 is 2.18 bits per heavy atom. The number of nitrogens with zero attached hydrogens (tertiary/aromatic N) is 3. The minimum atomic E-state index is -3.93. The van der Waals surface area contributed by atoms with E-state index in [0.29, 0.717) is 6.42 Å². The maximum Gasteiger partial charge on any atom is 0.307 e. The minimum absolute atomic E-state index is 0.0965. The van der Waals surface area contributed by atoms with Crippen LogP contribution in [0.25, 0.3) is 0 Å². The second kappa shape index (κ2) is 6.29. The highest BCUT2D eigenvalue weighted by Crippen LogP contribution is 2.27. The Hall–Kier alpha value is -1.55. The van der Waals surface area contributed by atoms with Crippen LogP contribution in [0.5, 0.6) is 0 Å². The molecule has 1 aromatic rings. The molecule has 0 aromatic carbocycles. The Morgan fingerprint density at radius 3 is 2.77 bits per heavy atom. The third kappa shape index (κ3) is 3.61. The number of rotatable bonds is 5. The molecule has 1 aromatic heterocycles. The quantitative estimate of drug-likeness (QED) is 0.861. The molecule has 1 saturated heterocycles. The molecule has 1 N–H and O–H groups in total. The van der Waals surface area contributed by atoms with E-state index in [2.05, 4.69) is 5.10 Å². The van der Waals surface area contributed by atoms with Crippen molar-refractivity contribution >= 4 is 16.0 Å². The van der Waals surface area contributed by atoms with Crippen molar-refractivity contribution in [2.45, 2.75) is 31.2 Å². The Kier molecular flexibility index (Phi) is 4.81. The minimum Gasteiger partial charge on any atom is -0.481 e. The first kappa shape index (κ1) is 16.8. The van der Waals surface area contributed by atoms with E-state index in [9.17, 15) is 22.0 Å². The lowest BCUT2D eigenvalue weighted by atomic mass is 9.92. The summed E-state index contributed by atoms with van der Waals surface area (Å²) in [6.07, 6.45) is -0.184. The second-order valence-corrected chi connectivity index (χ2v) is 7.43. The number of aromatic nitrogens is 2. The summed E-state index contributed by atoms with van der Waals surface area (Å²) in [5.74, 6) is -1.91. The van der Waals surface area contributed by atoms with Gasteiger partial charge in [0.15, 0.2) is 0 Å². The predicted octanol–water partition coefficient (Wildman–Crippen LogP) is 0.879. The van der Waals surface area contributed by atoms with Crippen molar-refractivity contribution < 1.29 is 27.1 Å². The molecule has 1 aliphatic rings. The van der Waals surface area contributed by atoms with Gasteiger partial charge < -0.3 is 5.11 Å². The summed E-state index contributed by atoms with van der Waals surface area (Å²) < 4.78 is 51.5. The number of hydrogen-bond acceptors (Lipinski definition) is 4. The summed E-state index contributed by atoms with van der Waals surface area (Å²) in [6, 6.07) is 0. The van der Waals surface area contributed by atoms with E-state index in [1.807, 2.05) is 0 Å². The molecule has 2 unspecified atom stereocenters. The number of aliphatic carboxylic acids is 1. The molecular weight excluding hydrogens is 320 g/mol. The van der Waals surface area contributed by atoms with Crippen molar-refractivity contribution in [3.8, 4) is 0 Å². The van der Waals surface area contributed by atoms with E-state index in [1.54, 1.807) is 6.92 Å². The third-order valence-electron chi connectivity index (χ3n) is 3.55. The molecule has 22 heavy (non-hydrogen) atoms. The fraction of sp³-hybridized carbons (Fsp3) is 0.667. The van der Waals surface area contributed by atoms with E-state index >= 15 is 0 Å². The topological polar surface area (TPSA) is 92.5 Å². The normalized spacial score (nSPS) is 23.8. The molecule has 2 atom stereocenters. The number of carboxylic acids is 1. The molecule has 0 amide bonds. The van der Waals surface area contributed by atoms with Crippen molar-refractivity contribution in [1.82, 2.24) is 14.1 Å². The summed E-state index contributed by atoms with van der Waals surface area (Å²) in [4.78, 5) is 10.9. The van der Waals surface area contributed by atoms with Crippen molar-refractivity contribution in [2.75, 3.05) is 13.1 Å². The van der Waals surface area contributed by atoms with Gasteiger partial charge in [-0.05, 0) is 12.3 Å². The van der Waals surface area contributed by atoms with Gasteiger partial charge in [-0.1, -0.05) is 6.92 Å². The van der Waals surface area contributed by atoms with E-state index in [0.717, 1.165) is 21.4 Å². The summed E-state index contributed by atoms with van der Waals surface area (Å²) in [5.41, 5.74) is 0. The summed E-state index contributed by atoms with van der Waals surface area (Å²) in [7, 11) is -3.93. The molecule has 2 heterocycles. The number of sulfonamides is 1. The van der Waals surface area contributed by atoms with Gasteiger partial charge in [0.25, 0.3) is 6.43 Å². The lowest BCUT2D eigenvalue weighted by Gasteiger charge is -2.33. The largest absolute Gasteiger partial charge is 0.481 e. The zero-order valence-corrected chi connectivity index (χ0v) is 12.7.